The number of carbonyl (C=O) groups is 2. The van der Waals surface area contributed by atoms with E-state index in [-0.39, 0.29) is 17.9 Å². The quantitative estimate of drug-likeness (QED) is 0.446. The molecule has 1 saturated heterocycles. The van der Waals surface area contributed by atoms with Crippen LogP contribution < -0.4 is 5.32 Å². The average Bonchev–Trinajstić information content (AvgIpc) is 3.09. The maximum absolute atomic E-state index is 13.7. The molecule has 3 N–H and O–H groups in total. The van der Waals surface area contributed by atoms with Crippen LogP contribution in [0.1, 0.15) is 45.1 Å². The zero-order valence-electron chi connectivity index (χ0n) is 20.6. The fourth-order valence-electron chi connectivity index (χ4n) is 6.09. The van der Waals surface area contributed by atoms with E-state index >= 15 is 0 Å². The van der Waals surface area contributed by atoms with Crippen molar-refractivity contribution in [2.75, 3.05) is 0 Å². The number of ether oxygens (including phenoxy) is 1. The van der Waals surface area contributed by atoms with Gasteiger partial charge in [-0.15, -0.1) is 0 Å². The Bertz CT molecular complexity index is 1000. The number of hydrogen-bond acceptors (Lipinski definition) is 5. The number of aliphatic hydroxyl groups excluding tert-OH is 2. The molecule has 1 aromatic carbocycles. The fraction of sp³-hybridized carbons (Fsp3) is 0.517. The molecule has 4 rings (SSSR count). The molecule has 1 aliphatic carbocycles. The molecule has 8 atom stereocenters. The second-order valence-electron chi connectivity index (χ2n) is 10.5. The third-order valence-electron chi connectivity index (χ3n) is 8.04. The van der Waals surface area contributed by atoms with Crippen molar-refractivity contribution in [2.45, 2.75) is 69.8 Å². The Morgan fingerprint density at radius 2 is 1.86 bits per heavy atom. The molecule has 0 aromatic heterocycles. The van der Waals surface area contributed by atoms with E-state index in [1.807, 2.05) is 49.4 Å². The number of nitrogens with one attached hydrogen (secondary N) is 1. The van der Waals surface area contributed by atoms with Crippen molar-refractivity contribution >= 4 is 11.9 Å². The molecule has 1 spiro atoms. The van der Waals surface area contributed by atoms with E-state index in [4.69, 9.17) is 4.74 Å². The highest BCUT2D eigenvalue weighted by Gasteiger charge is 2.67. The van der Waals surface area contributed by atoms with E-state index in [1.54, 1.807) is 0 Å². The molecule has 3 aliphatic rings. The lowest BCUT2D eigenvalue weighted by molar-refractivity contribution is -0.182. The molecule has 0 bridgehead atoms. The first-order valence-electron chi connectivity index (χ1n) is 12.7. The Hall–Kier alpha value is -2.70. The van der Waals surface area contributed by atoms with Gasteiger partial charge in [0.1, 0.15) is 0 Å². The summed E-state index contributed by atoms with van der Waals surface area (Å²) in [7, 11) is 0. The van der Waals surface area contributed by atoms with Crippen LogP contribution in [0.25, 0.3) is 0 Å². The van der Waals surface area contributed by atoms with Gasteiger partial charge in [0.15, 0.2) is 0 Å². The first-order chi connectivity index (χ1) is 16.7. The summed E-state index contributed by atoms with van der Waals surface area (Å²) in [6.45, 7) is 8.27. The van der Waals surface area contributed by atoms with Gasteiger partial charge in [-0.2, -0.15) is 0 Å². The van der Waals surface area contributed by atoms with Crippen molar-refractivity contribution in [1.82, 2.24) is 5.32 Å². The first-order valence-corrected chi connectivity index (χ1v) is 12.7. The highest BCUT2D eigenvalue weighted by Crippen LogP contribution is 2.52. The third kappa shape index (κ3) is 5.00. The third-order valence-corrected chi connectivity index (χ3v) is 8.04. The van der Waals surface area contributed by atoms with Gasteiger partial charge in [0, 0.05) is 18.0 Å². The predicted molar refractivity (Wildman–Crippen MR) is 134 cm³/mol. The zero-order valence-corrected chi connectivity index (χ0v) is 20.6. The summed E-state index contributed by atoms with van der Waals surface area (Å²) in [5, 5.41) is 24.7. The summed E-state index contributed by atoms with van der Waals surface area (Å²) < 4.78 is 6.05. The van der Waals surface area contributed by atoms with Gasteiger partial charge in [0.05, 0.1) is 18.1 Å². The minimum absolute atomic E-state index is 0.262. The number of benzene rings is 1. The Balaban J connectivity index is 1.78. The van der Waals surface area contributed by atoms with Crippen LogP contribution in [0.15, 0.2) is 66.8 Å². The molecule has 6 nitrogen and oxygen atoms in total. The highest BCUT2D eigenvalue weighted by atomic mass is 16.6. The van der Waals surface area contributed by atoms with Crippen LogP contribution in [0.5, 0.6) is 0 Å². The van der Waals surface area contributed by atoms with Crippen molar-refractivity contribution in [3.05, 3.63) is 72.4 Å². The van der Waals surface area contributed by atoms with Crippen molar-refractivity contribution in [1.29, 1.82) is 0 Å². The summed E-state index contributed by atoms with van der Waals surface area (Å²) in [6.07, 6.45) is 8.39. The highest BCUT2D eigenvalue weighted by molar-refractivity contribution is 5.94. The van der Waals surface area contributed by atoms with Gasteiger partial charge in [-0.05, 0) is 48.3 Å². The smallest absolute Gasteiger partial charge is 0.331 e. The minimum atomic E-state index is -1.57. The molecule has 1 amide bonds. The number of aliphatic hydroxyl groups is 2. The molecule has 1 saturated carbocycles. The zero-order chi connectivity index (χ0) is 25.2. The van der Waals surface area contributed by atoms with Gasteiger partial charge in [-0.25, -0.2) is 4.79 Å². The van der Waals surface area contributed by atoms with Crippen molar-refractivity contribution in [2.24, 2.45) is 23.7 Å². The molecule has 0 unspecified atom stereocenters. The standard InChI is InChI=1S/C29H37NO5/c1-18-9-7-13-22(31)15-16-25(32)35-29-23(14-8-10-18)27(33)20(3)19(2)26(29)24(30-28(29)34)17-21-11-5-4-6-12-21/h4-6,8,11-12,14-16,18-19,22-24,26-27,31,33H,3,7,9-10,13,17H2,1-2H3,(H,30,34)/b14-8-,16-15-/t18-,19-,22-,23+,24+,26+,27-,29-/m1/s1. The largest absolute Gasteiger partial charge is 0.445 e. The molecule has 6 heteroatoms. The second kappa shape index (κ2) is 10.5. The number of carbonyl (C=O) groups excluding carboxylic acids is 2. The van der Waals surface area contributed by atoms with E-state index in [0.717, 1.165) is 24.8 Å². The van der Waals surface area contributed by atoms with Crippen molar-refractivity contribution < 1.29 is 24.5 Å². The Kier molecular flexibility index (Phi) is 7.62. The van der Waals surface area contributed by atoms with E-state index < -0.39 is 35.6 Å². The monoisotopic (exact) mass is 479 g/mol. The lowest BCUT2D eigenvalue weighted by atomic mass is 9.59. The van der Waals surface area contributed by atoms with E-state index in [1.165, 1.54) is 12.2 Å². The van der Waals surface area contributed by atoms with Crippen LogP contribution in [0.4, 0.5) is 0 Å². The molecule has 1 aromatic rings. The van der Waals surface area contributed by atoms with Gasteiger partial charge < -0.3 is 20.3 Å². The van der Waals surface area contributed by atoms with Crippen LogP contribution in [-0.4, -0.2) is 45.9 Å². The van der Waals surface area contributed by atoms with Gasteiger partial charge in [0.25, 0.3) is 5.91 Å². The lowest BCUT2D eigenvalue weighted by Crippen LogP contribution is -2.61. The number of allylic oxidation sites excluding steroid dienone is 1. The molecular formula is C29H37NO5. The number of esters is 1. The summed E-state index contributed by atoms with van der Waals surface area (Å²) >= 11 is 0. The maximum atomic E-state index is 13.7. The lowest BCUT2D eigenvalue weighted by Gasteiger charge is -2.49. The number of amides is 1. The minimum Gasteiger partial charge on any atom is -0.445 e. The normalized spacial score (nSPS) is 40.0. The molecule has 188 valence electrons. The van der Waals surface area contributed by atoms with Crippen LogP contribution in [0.2, 0.25) is 0 Å². The van der Waals surface area contributed by atoms with E-state index in [9.17, 15) is 19.8 Å². The van der Waals surface area contributed by atoms with E-state index in [0.29, 0.717) is 24.3 Å². The maximum Gasteiger partial charge on any atom is 0.331 e. The van der Waals surface area contributed by atoms with E-state index in [2.05, 4.69) is 18.8 Å². The van der Waals surface area contributed by atoms with Gasteiger partial charge in [-0.3, -0.25) is 4.79 Å². The summed E-state index contributed by atoms with van der Waals surface area (Å²) in [5.41, 5.74) is 0.136. The SMILES string of the molecule is C=C1[C@@H](C)[C@H]2[C@H](Cc3ccccc3)NC(=O)[C@]23OC(=O)/C=C\[C@H](O)CCC[C@@H](C)C/C=C\[C@H]3[C@@H]1O. The molecule has 2 aliphatic heterocycles. The predicted octanol–water partition coefficient (Wildman–Crippen LogP) is 3.49. The Labute approximate surface area is 207 Å². The summed E-state index contributed by atoms with van der Waals surface area (Å²) in [6, 6.07) is 9.59. The van der Waals surface area contributed by atoms with Gasteiger partial charge in [-0.1, -0.05) is 75.8 Å². The van der Waals surface area contributed by atoms with Gasteiger partial charge >= 0.3 is 5.97 Å². The fourth-order valence-corrected chi connectivity index (χ4v) is 6.09. The summed E-state index contributed by atoms with van der Waals surface area (Å²) in [4.78, 5) is 26.8. The topological polar surface area (TPSA) is 95.9 Å². The number of rotatable bonds is 2. The second-order valence-corrected chi connectivity index (χ2v) is 10.5. The molecule has 0 radical (unpaired) electrons. The van der Waals surface area contributed by atoms with Gasteiger partial charge in [0.2, 0.25) is 5.60 Å². The summed E-state index contributed by atoms with van der Waals surface area (Å²) in [5.74, 6) is -2.13. The molecule has 2 fully saturated rings. The van der Waals surface area contributed by atoms with Crippen molar-refractivity contribution in [3.63, 3.8) is 0 Å². The first kappa shape index (κ1) is 25.4. The molecule has 2 heterocycles. The van der Waals surface area contributed by atoms with Crippen LogP contribution >= 0.6 is 0 Å². The molecular weight excluding hydrogens is 442 g/mol. The molecule has 35 heavy (non-hydrogen) atoms. The Morgan fingerprint density at radius 3 is 2.60 bits per heavy atom. The number of hydrogen-bond donors (Lipinski definition) is 3. The Morgan fingerprint density at radius 1 is 1.11 bits per heavy atom. The van der Waals surface area contributed by atoms with Crippen LogP contribution in [0.3, 0.4) is 0 Å². The average molecular weight is 480 g/mol. The van der Waals surface area contributed by atoms with Crippen molar-refractivity contribution in [3.8, 4) is 0 Å². The van der Waals surface area contributed by atoms with Crippen LogP contribution in [0, 0.1) is 23.7 Å². The van der Waals surface area contributed by atoms with Crippen LogP contribution in [-0.2, 0) is 20.7 Å².